The van der Waals surface area contributed by atoms with E-state index in [4.69, 9.17) is 4.74 Å². The summed E-state index contributed by atoms with van der Waals surface area (Å²) < 4.78 is 5.23. The maximum atomic E-state index is 12.6. The van der Waals surface area contributed by atoms with Gasteiger partial charge in [0.15, 0.2) is 11.9 Å². The quantitative estimate of drug-likeness (QED) is 0.435. The van der Waals surface area contributed by atoms with Gasteiger partial charge in [0.05, 0.1) is 17.5 Å². The molecule has 0 spiro atoms. The Morgan fingerprint density at radius 3 is 2.17 bits per heavy atom. The Morgan fingerprint density at radius 1 is 1.03 bits per heavy atom. The van der Waals surface area contributed by atoms with E-state index in [1.54, 1.807) is 24.3 Å². The van der Waals surface area contributed by atoms with Crippen LogP contribution in [0.1, 0.15) is 56.8 Å². The number of carbonyl (C=O) groups is 5. The van der Waals surface area contributed by atoms with E-state index in [2.05, 4.69) is 5.32 Å². The van der Waals surface area contributed by atoms with Gasteiger partial charge in [-0.1, -0.05) is 25.0 Å². The maximum absolute atomic E-state index is 12.6. The average molecular weight is 414 g/mol. The summed E-state index contributed by atoms with van der Waals surface area (Å²) in [6.07, 6.45) is 1.93. The summed E-state index contributed by atoms with van der Waals surface area (Å²) in [6.45, 7) is 4.21. The predicted molar refractivity (Wildman–Crippen MR) is 107 cm³/mol. The number of nitrogens with one attached hydrogen (secondary N) is 1. The minimum absolute atomic E-state index is 0.211. The molecule has 0 unspecified atom stereocenters. The minimum Gasteiger partial charge on any atom is -0.451 e. The van der Waals surface area contributed by atoms with Crippen molar-refractivity contribution in [3.63, 3.8) is 0 Å². The lowest BCUT2D eigenvalue weighted by Gasteiger charge is -2.23. The van der Waals surface area contributed by atoms with Gasteiger partial charge in [0.25, 0.3) is 5.91 Å². The van der Waals surface area contributed by atoms with Gasteiger partial charge in [0.2, 0.25) is 11.8 Å². The van der Waals surface area contributed by atoms with Crippen molar-refractivity contribution in [1.29, 1.82) is 0 Å². The summed E-state index contributed by atoms with van der Waals surface area (Å²) >= 11 is 0. The number of anilines is 1. The molecule has 3 amide bonds. The van der Waals surface area contributed by atoms with Crippen molar-refractivity contribution in [2.24, 2.45) is 11.8 Å². The van der Waals surface area contributed by atoms with Gasteiger partial charge < -0.3 is 10.1 Å². The first-order valence-corrected chi connectivity index (χ1v) is 10.2. The first-order valence-electron chi connectivity index (χ1n) is 10.2. The number of esters is 1. The van der Waals surface area contributed by atoms with Crippen LogP contribution in [0.25, 0.3) is 0 Å². The predicted octanol–water partition coefficient (Wildman–Crippen LogP) is 2.32. The highest BCUT2D eigenvalue weighted by atomic mass is 16.5. The zero-order valence-electron chi connectivity index (χ0n) is 17.3. The number of hydrogen-bond donors (Lipinski definition) is 1. The summed E-state index contributed by atoms with van der Waals surface area (Å²) in [6, 6.07) is 5.41. The van der Waals surface area contributed by atoms with Crippen LogP contribution < -0.4 is 5.32 Å². The number of nitrogens with zero attached hydrogens (tertiary/aromatic N) is 1. The van der Waals surface area contributed by atoms with E-state index in [-0.39, 0.29) is 29.4 Å². The van der Waals surface area contributed by atoms with E-state index < -0.39 is 24.0 Å². The Morgan fingerprint density at radius 2 is 1.60 bits per heavy atom. The molecule has 1 heterocycles. The van der Waals surface area contributed by atoms with Crippen molar-refractivity contribution >= 4 is 35.2 Å². The molecule has 1 saturated carbocycles. The number of fused-ring (bicyclic) bond motifs is 1. The molecule has 160 valence electrons. The van der Waals surface area contributed by atoms with Gasteiger partial charge in [-0.25, -0.2) is 4.79 Å². The lowest BCUT2D eigenvalue weighted by molar-refractivity contribution is -0.163. The van der Waals surface area contributed by atoms with Crippen molar-refractivity contribution in [2.75, 3.05) is 5.32 Å². The smallest absolute Gasteiger partial charge is 0.329 e. The largest absolute Gasteiger partial charge is 0.451 e. The van der Waals surface area contributed by atoms with E-state index in [1.165, 1.54) is 20.8 Å². The third-order valence-electron chi connectivity index (χ3n) is 5.83. The van der Waals surface area contributed by atoms with Crippen LogP contribution in [0.3, 0.4) is 0 Å². The lowest BCUT2D eigenvalue weighted by atomic mass is 9.81. The van der Waals surface area contributed by atoms with Crippen LogP contribution in [0.5, 0.6) is 0 Å². The Labute approximate surface area is 174 Å². The van der Waals surface area contributed by atoms with E-state index in [0.29, 0.717) is 24.1 Å². The van der Waals surface area contributed by atoms with Crippen molar-refractivity contribution in [3.8, 4) is 0 Å². The molecule has 2 fully saturated rings. The number of para-hydroxylation sites is 1. The lowest BCUT2D eigenvalue weighted by Crippen LogP contribution is -2.46. The van der Waals surface area contributed by atoms with Gasteiger partial charge in [0, 0.05) is 5.56 Å². The molecule has 30 heavy (non-hydrogen) atoms. The van der Waals surface area contributed by atoms with Crippen molar-refractivity contribution < 1.29 is 28.7 Å². The minimum atomic E-state index is -1.17. The molecule has 1 aliphatic heterocycles. The van der Waals surface area contributed by atoms with Crippen LogP contribution in [0, 0.1) is 11.8 Å². The van der Waals surface area contributed by atoms with Gasteiger partial charge in [-0.05, 0) is 45.7 Å². The van der Waals surface area contributed by atoms with E-state index in [1.807, 2.05) is 0 Å². The molecule has 0 bridgehead atoms. The molecule has 1 saturated heterocycles. The number of hydrogen-bond acceptors (Lipinski definition) is 6. The van der Waals surface area contributed by atoms with E-state index in [9.17, 15) is 24.0 Å². The van der Waals surface area contributed by atoms with Crippen LogP contribution in [-0.2, 0) is 23.9 Å². The fourth-order valence-corrected chi connectivity index (χ4v) is 4.13. The summed E-state index contributed by atoms with van der Waals surface area (Å²) in [5, 5.41) is 2.58. The molecular formula is C22H26N2O6. The number of carbonyl (C=O) groups excluding carboxylic acids is 5. The van der Waals surface area contributed by atoms with Crippen LogP contribution >= 0.6 is 0 Å². The van der Waals surface area contributed by atoms with Gasteiger partial charge in [-0.15, -0.1) is 0 Å². The molecule has 8 heteroatoms. The zero-order chi connectivity index (χ0) is 22.0. The van der Waals surface area contributed by atoms with E-state index >= 15 is 0 Å². The van der Waals surface area contributed by atoms with Crippen molar-refractivity contribution in [1.82, 2.24) is 4.90 Å². The highest BCUT2D eigenvalue weighted by molar-refractivity contribution is 6.08. The monoisotopic (exact) mass is 414 g/mol. The Balaban J connectivity index is 1.64. The SMILES string of the molecule is CC(=O)c1ccccc1NC(=O)[C@H](C)OC(=O)[C@H](C)N1C(=O)[C@H]2CCCC[C@@H]2C1=O. The van der Waals surface area contributed by atoms with Crippen LogP contribution in [0.2, 0.25) is 0 Å². The number of likely N-dealkylation sites (tertiary alicyclic amines) is 1. The molecule has 3 rings (SSSR count). The molecule has 2 aliphatic rings. The third-order valence-corrected chi connectivity index (χ3v) is 5.83. The van der Waals surface area contributed by atoms with Gasteiger partial charge in [-0.2, -0.15) is 0 Å². The molecular weight excluding hydrogens is 388 g/mol. The molecule has 0 aromatic heterocycles. The zero-order valence-corrected chi connectivity index (χ0v) is 17.3. The topological polar surface area (TPSA) is 110 Å². The number of ether oxygens (including phenoxy) is 1. The average Bonchev–Trinajstić information content (AvgIpc) is 2.98. The Hall–Kier alpha value is -3.03. The van der Waals surface area contributed by atoms with Gasteiger partial charge in [-0.3, -0.25) is 24.1 Å². The van der Waals surface area contributed by atoms with Crippen molar-refractivity contribution in [3.05, 3.63) is 29.8 Å². The summed E-state index contributed by atoms with van der Waals surface area (Å²) in [4.78, 5) is 63.0. The first kappa shape index (κ1) is 21.7. The molecule has 8 nitrogen and oxygen atoms in total. The van der Waals surface area contributed by atoms with Gasteiger partial charge in [0.1, 0.15) is 6.04 Å². The highest BCUT2D eigenvalue weighted by Gasteiger charge is 2.51. The second-order valence-corrected chi connectivity index (χ2v) is 7.89. The highest BCUT2D eigenvalue weighted by Crippen LogP contribution is 2.39. The number of rotatable bonds is 6. The molecule has 1 aliphatic carbocycles. The molecule has 1 aromatic rings. The van der Waals surface area contributed by atoms with Gasteiger partial charge >= 0.3 is 5.97 Å². The maximum Gasteiger partial charge on any atom is 0.329 e. The van der Waals surface area contributed by atoms with E-state index in [0.717, 1.165) is 17.7 Å². The number of amides is 3. The fourth-order valence-electron chi connectivity index (χ4n) is 4.13. The number of benzene rings is 1. The first-order chi connectivity index (χ1) is 14.2. The molecule has 1 N–H and O–H groups in total. The molecule has 4 atom stereocenters. The summed E-state index contributed by atoms with van der Waals surface area (Å²) in [7, 11) is 0. The van der Waals surface area contributed by atoms with Crippen LogP contribution in [0.4, 0.5) is 5.69 Å². The third kappa shape index (κ3) is 4.13. The Kier molecular flexibility index (Phi) is 6.34. The molecule has 1 aromatic carbocycles. The number of ketones is 1. The normalized spacial score (nSPS) is 22.8. The standard InChI is InChI=1S/C22H26N2O6/c1-12(24-20(27)16-9-4-5-10-17(16)21(24)28)22(29)30-14(3)19(26)23-18-11-7-6-8-15(18)13(2)25/h6-8,11-12,14,16-17H,4-5,9-10H2,1-3H3,(H,23,26)/t12-,14-,16-,17-/m0/s1. The second kappa shape index (κ2) is 8.77. The number of Topliss-reactive ketones (excluding diaryl/α,β-unsaturated/α-hetero) is 1. The second-order valence-electron chi connectivity index (χ2n) is 7.89. The number of imide groups is 1. The fraction of sp³-hybridized carbons (Fsp3) is 0.500. The molecule has 0 radical (unpaired) electrons. The summed E-state index contributed by atoms with van der Waals surface area (Å²) in [5.41, 5.74) is 0.661. The van der Waals surface area contributed by atoms with Crippen molar-refractivity contribution in [2.45, 2.75) is 58.6 Å². The van der Waals surface area contributed by atoms with Crippen LogP contribution in [-0.4, -0.2) is 46.5 Å². The van der Waals surface area contributed by atoms with Crippen LogP contribution in [0.15, 0.2) is 24.3 Å². The Bertz CT molecular complexity index is 871. The summed E-state index contributed by atoms with van der Waals surface area (Å²) in [5.74, 6) is -3.02.